The van der Waals surface area contributed by atoms with Crippen LogP contribution < -0.4 is 10.5 Å². The number of halogens is 2. The number of hydrogen-bond donors (Lipinski definition) is 1. The highest BCUT2D eigenvalue weighted by Crippen LogP contribution is 2.28. The van der Waals surface area contributed by atoms with Gasteiger partial charge in [-0.05, 0) is 30.5 Å². The quantitative estimate of drug-likeness (QED) is 0.784. The van der Waals surface area contributed by atoms with E-state index in [4.69, 9.17) is 10.5 Å². The van der Waals surface area contributed by atoms with Crippen LogP contribution in [0, 0.1) is 11.6 Å². The molecule has 2 nitrogen and oxygen atoms in total. The third kappa shape index (κ3) is 4.04. The van der Waals surface area contributed by atoms with Crippen molar-refractivity contribution in [2.24, 2.45) is 5.73 Å². The van der Waals surface area contributed by atoms with Crippen LogP contribution in [0.15, 0.2) is 48.5 Å². The van der Waals surface area contributed by atoms with Crippen molar-refractivity contribution in [1.82, 2.24) is 0 Å². The van der Waals surface area contributed by atoms with Crippen LogP contribution >= 0.6 is 0 Å². The molecular weight excluding hydrogens is 284 g/mol. The SMILES string of the molecule is CC(CN)(CCCOc1ccc(F)c(F)c1)c1ccccc1. The summed E-state index contributed by atoms with van der Waals surface area (Å²) in [4.78, 5) is 0. The van der Waals surface area contributed by atoms with E-state index in [1.54, 1.807) is 0 Å². The van der Waals surface area contributed by atoms with Gasteiger partial charge in [0.15, 0.2) is 11.6 Å². The Bertz CT molecular complexity index is 603. The van der Waals surface area contributed by atoms with Gasteiger partial charge in [-0.2, -0.15) is 0 Å². The maximum absolute atomic E-state index is 13.1. The van der Waals surface area contributed by atoms with E-state index < -0.39 is 11.6 Å². The summed E-state index contributed by atoms with van der Waals surface area (Å²) in [6, 6.07) is 13.7. The van der Waals surface area contributed by atoms with E-state index in [1.807, 2.05) is 18.2 Å². The van der Waals surface area contributed by atoms with Crippen LogP contribution in [0.1, 0.15) is 25.3 Å². The van der Waals surface area contributed by atoms with Gasteiger partial charge in [-0.25, -0.2) is 8.78 Å². The maximum Gasteiger partial charge on any atom is 0.162 e. The third-order valence-corrected chi connectivity index (χ3v) is 3.95. The highest BCUT2D eigenvalue weighted by molar-refractivity contribution is 5.25. The molecule has 2 aromatic rings. The minimum atomic E-state index is -0.895. The van der Waals surface area contributed by atoms with Gasteiger partial charge >= 0.3 is 0 Å². The number of ether oxygens (including phenoxy) is 1. The molecule has 0 aliphatic rings. The van der Waals surface area contributed by atoms with E-state index >= 15 is 0 Å². The molecule has 2 rings (SSSR count). The molecule has 118 valence electrons. The Balaban J connectivity index is 1.88. The maximum atomic E-state index is 13.1. The van der Waals surface area contributed by atoms with Gasteiger partial charge in [0.1, 0.15) is 5.75 Å². The monoisotopic (exact) mass is 305 g/mol. The fraction of sp³-hybridized carbons (Fsp3) is 0.333. The molecule has 0 bridgehead atoms. The average molecular weight is 305 g/mol. The second-order valence-electron chi connectivity index (χ2n) is 5.66. The number of nitrogens with two attached hydrogens (primary N) is 1. The molecule has 2 N–H and O–H groups in total. The summed E-state index contributed by atoms with van der Waals surface area (Å²) < 4.78 is 31.4. The minimum absolute atomic E-state index is 0.112. The van der Waals surface area contributed by atoms with Crippen molar-refractivity contribution in [3.63, 3.8) is 0 Å². The second-order valence-corrected chi connectivity index (χ2v) is 5.66. The van der Waals surface area contributed by atoms with E-state index in [2.05, 4.69) is 19.1 Å². The molecule has 4 heteroatoms. The number of benzene rings is 2. The van der Waals surface area contributed by atoms with Crippen molar-refractivity contribution in [2.45, 2.75) is 25.2 Å². The second kappa shape index (κ2) is 7.36. The van der Waals surface area contributed by atoms with Crippen LogP contribution in [-0.4, -0.2) is 13.2 Å². The Labute approximate surface area is 129 Å². The summed E-state index contributed by atoms with van der Waals surface area (Å²) in [5.41, 5.74) is 7.02. The van der Waals surface area contributed by atoms with Crippen molar-refractivity contribution in [3.8, 4) is 5.75 Å². The molecule has 0 spiro atoms. The van der Waals surface area contributed by atoms with Gasteiger partial charge in [-0.1, -0.05) is 37.3 Å². The van der Waals surface area contributed by atoms with Gasteiger partial charge < -0.3 is 10.5 Å². The standard InChI is InChI=1S/C18H21F2NO/c1-18(13-21,14-6-3-2-4-7-14)10-5-11-22-15-8-9-16(19)17(20)12-15/h2-4,6-9,12H,5,10-11,13,21H2,1H3. The van der Waals surface area contributed by atoms with Crippen LogP contribution in [0.5, 0.6) is 5.75 Å². The summed E-state index contributed by atoms with van der Waals surface area (Å²) in [5.74, 6) is -1.42. The predicted molar refractivity (Wildman–Crippen MR) is 83.9 cm³/mol. The summed E-state index contributed by atoms with van der Waals surface area (Å²) in [7, 11) is 0. The summed E-state index contributed by atoms with van der Waals surface area (Å²) in [6.07, 6.45) is 1.64. The number of rotatable bonds is 7. The fourth-order valence-electron chi connectivity index (χ4n) is 2.42. The first-order valence-electron chi connectivity index (χ1n) is 7.38. The smallest absolute Gasteiger partial charge is 0.162 e. The molecule has 0 saturated heterocycles. The Hall–Kier alpha value is -1.94. The summed E-state index contributed by atoms with van der Waals surface area (Å²) in [5, 5.41) is 0. The van der Waals surface area contributed by atoms with Crippen molar-refractivity contribution in [3.05, 3.63) is 65.7 Å². The largest absolute Gasteiger partial charge is 0.493 e. The molecule has 0 heterocycles. The Morgan fingerprint density at radius 1 is 1.05 bits per heavy atom. The third-order valence-electron chi connectivity index (χ3n) is 3.95. The summed E-state index contributed by atoms with van der Waals surface area (Å²) >= 11 is 0. The van der Waals surface area contributed by atoms with Crippen LogP contribution in [0.2, 0.25) is 0 Å². The highest BCUT2D eigenvalue weighted by atomic mass is 19.2. The Kier molecular flexibility index (Phi) is 5.50. The normalized spacial score (nSPS) is 13.6. The summed E-state index contributed by atoms with van der Waals surface area (Å²) in [6.45, 7) is 3.11. The predicted octanol–water partition coefficient (Wildman–Crippen LogP) is 4.04. The lowest BCUT2D eigenvalue weighted by Crippen LogP contribution is -2.32. The van der Waals surface area contributed by atoms with Crippen LogP contribution in [0.3, 0.4) is 0 Å². The van der Waals surface area contributed by atoms with E-state index in [1.165, 1.54) is 11.6 Å². The van der Waals surface area contributed by atoms with E-state index in [9.17, 15) is 8.78 Å². The molecule has 0 fully saturated rings. The first-order chi connectivity index (χ1) is 10.5. The van der Waals surface area contributed by atoms with Crippen LogP contribution in [0.4, 0.5) is 8.78 Å². The molecular formula is C18H21F2NO. The Morgan fingerprint density at radius 3 is 2.41 bits per heavy atom. The zero-order valence-corrected chi connectivity index (χ0v) is 12.7. The first-order valence-corrected chi connectivity index (χ1v) is 7.38. The molecule has 0 aliphatic heterocycles. The minimum Gasteiger partial charge on any atom is -0.493 e. The molecule has 1 unspecified atom stereocenters. The van der Waals surface area contributed by atoms with Gasteiger partial charge in [0.25, 0.3) is 0 Å². The van der Waals surface area contributed by atoms with E-state index in [0.29, 0.717) is 18.9 Å². The molecule has 0 aliphatic carbocycles. The zero-order valence-electron chi connectivity index (χ0n) is 12.7. The Morgan fingerprint density at radius 2 is 1.77 bits per heavy atom. The van der Waals surface area contributed by atoms with Gasteiger partial charge in [-0.15, -0.1) is 0 Å². The molecule has 0 amide bonds. The molecule has 0 aromatic heterocycles. The molecule has 1 atom stereocenters. The van der Waals surface area contributed by atoms with Gasteiger partial charge in [0, 0.05) is 18.0 Å². The van der Waals surface area contributed by atoms with Gasteiger partial charge in [0.05, 0.1) is 6.61 Å². The van der Waals surface area contributed by atoms with Crippen LogP contribution in [-0.2, 0) is 5.41 Å². The molecule has 0 saturated carbocycles. The van der Waals surface area contributed by atoms with E-state index in [0.717, 1.165) is 25.0 Å². The van der Waals surface area contributed by atoms with Crippen molar-refractivity contribution in [2.75, 3.05) is 13.2 Å². The molecule has 2 aromatic carbocycles. The lowest BCUT2D eigenvalue weighted by atomic mass is 9.79. The first kappa shape index (κ1) is 16.4. The lowest BCUT2D eigenvalue weighted by Gasteiger charge is -2.28. The van der Waals surface area contributed by atoms with E-state index in [-0.39, 0.29) is 5.41 Å². The molecule has 22 heavy (non-hydrogen) atoms. The van der Waals surface area contributed by atoms with Gasteiger partial charge in [0.2, 0.25) is 0 Å². The fourth-order valence-corrected chi connectivity index (χ4v) is 2.42. The van der Waals surface area contributed by atoms with Crippen molar-refractivity contribution >= 4 is 0 Å². The highest BCUT2D eigenvalue weighted by Gasteiger charge is 2.24. The van der Waals surface area contributed by atoms with Crippen molar-refractivity contribution < 1.29 is 13.5 Å². The average Bonchev–Trinajstić information content (AvgIpc) is 2.55. The topological polar surface area (TPSA) is 35.2 Å². The lowest BCUT2D eigenvalue weighted by molar-refractivity contribution is 0.283. The van der Waals surface area contributed by atoms with Gasteiger partial charge in [-0.3, -0.25) is 0 Å². The number of hydrogen-bond acceptors (Lipinski definition) is 2. The van der Waals surface area contributed by atoms with Crippen LogP contribution in [0.25, 0.3) is 0 Å². The zero-order chi connectivity index (χ0) is 16.0. The molecule has 0 radical (unpaired) electrons. The van der Waals surface area contributed by atoms with Crippen molar-refractivity contribution in [1.29, 1.82) is 0 Å².